The summed E-state index contributed by atoms with van der Waals surface area (Å²) < 4.78 is 6.05. The highest BCUT2D eigenvalue weighted by atomic mass is 16.5. The van der Waals surface area contributed by atoms with E-state index in [2.05, 4.69) is 32.0 Å². The fourth-order valence-electron chi connectivity index (χ4n) is 3.12. The summed E-state index contributed by atoms with van der Waals surface area (Å²) in [4.78, 5) is 0. The lowest BCUT2D eigenvalue weighted by Crippen LogP contribution is -2.37. The first-order chi connectivity index (χ1) is 9.72. The van der Waals surface area contributed by atoms with Gasteiger partial charge in [-0.25, -0.2) is 0 Å². The predicted octanol–water partition coefficient (Wildman–Crippen LogP) is 4.49. The molecule has 0 saturated heterocycles. The van der Waals surface area contributed by atoms with E-state index in [1.54, 1.807) is 0 Å². The first-order valence-electron chi connectivity index (χ1n) is 8.19. The van der Waals surface area contributed by atoms with E-state index >= 15 is 0 Å². The third kappa shape index (κ3) is 3.99. The van der Waals surface area contributed by atoms with E-state index in [1.807, 2.05) is 6.07 Å². The molecule has 2 N–H and O–H groups in total. The van der Waals surface area contributed by atoms with Gasteiger partial charge in [0.1, 0.15) is 12.4 Å². The van der Waals surface area contributed by atoms with E-state index in [0.29, 0.717) is 18.4 Å². The van der Waals surface area contributed by atoms with Crippen molar-refractivity contribution in [3.8, 4) is 5.75 Å². The lowest BCUT2D eigenvalue weighted by molar-refractivity contribution is 0.212. The van der Waals surface area contributed by atoms with Crippen LogP contribution in [0.4, 0.5) is 0 Å². The van der Waals surface area contributed by atoms with Gasteiger partial charge in [0.15, 0.2) is 0 Å². The minimum atomic E-state index is 0.181. The van der Waals surface area contributed by atoms with E-state index in [-0.39, 0.29) is 6.04 Å². The van der Waals surface area contributed by atoms with Crippen molar-refractivity contribution in [1.29, 1.82) is 0 Å². The van der Waals surface area contributed by atoms with Gasteiger partial charge >= 0.3 is 0 Å². The van der Waals surface area contributed by atoms with Gasteiger partial charge in [-0.15, -0.1) is 0 Å². The topological polar surface area (TPSA) is 35.2 Å². The van der Waals surface area contributed by atoms with Crippen LogP contribution in [-0.4, -0.2) is 12.6 Å². The lowest BCUT2D eigenvalue weighted by atomic mass is 9.84. The second-order valence-electron chi connectivity index (χ2n) is 6.22. The Kier molecular flexibility index (Phi) is 5.90. The number of ether oxygens (including phenoxy) is 1. The summed E-state index contributed by atoms with van der Waals surface area (Å²) in [5.41, 5.74) is 7.64. The monoisotopic (exact) mass is 275 g/mol. The Hall–Kier alpha value is -1.02. The molecule has 0 radical (unpaired) electrons. The van der Waals surface area contributed by atoms with Crippen LogP contribution in [0.15, 0.2) is 24.3 Å². The van der Waals surface area contributed by atoms with Gasteiger partial charge in [-0.05, 0) is 42.7 Å². The zero-order chi connectivity index (χ0) is 14.4. The van der Waals surface area contributed by atoms with Crippen molar-refractivity contribution in [2.24, 2.45) is 11.7 Å². The molecule has 0 heterocycles. The number of rotatable bonds is 6. The molecular weight excluding hydrogens is 246 g/mol. The molecule has 0 spiro atoms. The van der Waals surface area contributed by atoms with Crippen molar-refractivity contribution in [1.82, 2.24) is 0 Å². The fourth-order valence-corrected chi connectivity index (χ4v) is 3.12. The number of nitrogens with two attached hydrogens (primary N) is 1. The predicted molar refractivity (Wildman–Crippen MR) is 85.2 cm³/mol. The van der Waals surface area contributed by atoms with Gasteiger partial charge in [0.05, 0.1) is 0 Å². The molecule has 1 fully saturated rings. The molecule has 2 rings (SSSR count). The van der Waals surface area contributed by atoms with Gasteiger partial charge in [0, 0.05) is 6.04 Å². The standard InChI is InChI=1S/C18H29NO/c1-3-14(2)16-11-7-8-12-18(16)20-13-17(19)15-9-5-4-6-10-15/h7-8,11-12,14-15,17H,3-6,9-10,13,19H2,1-2H3. The van der Waals surface area contributed by atoms with Crippen molar-refractivity contribution in [3.63, 3.8) is 0 Å². The Bertz CT molecular complexity index is 398. The summed E-state index contributed by atoms with van der Waals surface area (Å²) in [5, 5.41) is 0. The summed E-state index contributed by atoms with van der Waals surface area (Å²) in [5.74, 6) is 2.21. The summed E-state index contributed by atoms with van der Waals surface area (Å²) in [6.07, 6.45) is 7.73. The Balaban J connectivity index is 1.93. The second kappa shape index (κ2) is 7.68. The maximum Gasteiger partial charge on any atom is 0.122 e. The maximum absolute atomic E-state index is 6.33. The third-order valence-electron chi connectivity index (χ3n) is 4.75. The Morgan fingerprint density at radius 3 is 2.60 bits per heavy atom. The van der Waals surface area contributed by atoms with Crippen molar-refractivity contribution in [2.45, 2.75) is 64.3 Å². The summed E-state index contributed by atoms with van der Waals surface area (Å²) >= 11 is 0. The number of hydrogen-bond donors (Lipinski definition) is 1. The van der Waals surface area contributed by atoms with Crippen LogP contribution in [0.2, 0.25) is 0 Å². The van der Waals surface area contributed by atoms with E-state index in [0.717, 1.165) is 12.2 Å². The Morgan fingerprint density at radius 2 is 1.90 bits per heavy atom. The third-order valence-corrected chi connectivity index (χ3v) is 4.75. The van der Waals surface area contributed by atoms with Crippen molar-refractivity contribution < 1.29 is 4.74 Å². The molecule has 2 nitrogen and oxygen atoms in total. The molecule has 1 aliphatic rings. The molecule has 20 heavy (non-hydrogen) atoms. The highest BCUT2D eigenvalue weighted by Gasteiger charge is 2.21. The van der Waals surface area contributed by atoms with E-state index in [4.69, 9.17) is 10.5 Å². The summed E-state index contributed by atoms with van der Waals surface area (Å²) in [6.45, 7) is 5.12. The second-order valence-corrected chi connectivity index (χ2v) is 6.22. The molecule has 0 aliphatic heterocycles. The largest absolute Gasteiger partial charge is 0.492 e. The van der Waals surface area contributed by atoms with Gasteiger partial charge in [0.2, 0.25) is 0 Å². The molecule has 2 unspecified atom stereocenters. The molecule has 2 atom stereocenters. The fraction of sp³-hybridized carbons (Fsp3) is 0.667. The molecule has 1 aliphatic carbocycles. The maximum atomic E-state index is 6.33. The molecule has 1 saturated carbocycles. The quantitative estimate of drug-likeness (QED) is 0.830. The van der Waals surface area contributed by atoms with Crippen LogP contribution >= 0.6 is 0 Å². The van der Waals surface area contributed by atoms with E-state index < -0.39 is 0 Å². The van der Waals surface area contributed by atoms with Gasteiger partial charge in [-0.1, -0.05) is 51.3 Å². The molecule has 0 aromatic heterocycles. The van der Waals surface area contributed by atoms with Crippen LogP contribution in [0.1, 0.15) is 63.9 Å². The van der Waals surface area contributed by atoms with Crippen LogP contribution < -0.4 is 10.5 Å². The normalized spacial score (nSPS) is 19.6. The Morgan fingerprint density at radius 1 is 1.20 bits per heavy atom. The highest BCUT2D eigenvalue weighted by molar-refractivity contribution is 5.35. The number of hydrogen-bond acceptors (Lipinski definition) is 2. The number of benzene rings is 1. The minimum Gasteiger partial charge on any atom is -0.492 e. The van der Waals surface area contributed by atoms with Crippen LogP contribution in [0.25, 0.3) is 0 Å². The molecular formula is C18H29NO. The van der Waals surface area contributed by atoms with E-state index in [9.17, 15) is 0 Å². The highest BCUT2D eigenvalue weighted by Crippen LogP contribution is 2.30. The zero-order valence-electron chi connectivity index (χ0n) is 13.0. The van der Waals surface area contributed by atoms with Crippen LogP contribution in [-0.2, 0) is 0 Å². The first-order valence-corrected chi connectivity index (χ1v) is 8.19. The molecule has 0 bridgehead atoms. The molecule has 112 valence electrons. The average Bonchev–Trinajstić information content (AvgIpc) is 2.53. The van der Waals surface area contributed by atoms with Gasteiger partial charge < -0.3 is 10.5 Å². The smallest absolute Gasteiger partial charge is 0.122 e. The lowest BCUT2D eigenvalue weighted by Gasteiger charge is -2.28. The molecule has 2 heteroatoms. The van der Waals surface area contributed by atoms with Crippen molar-refractivity contribution in [3.05, 3.63) is 29.8 Å². The number of para-hydroxylation sites is 1. The van der Waals surface area contributed by atoms with Crippen molar-refractivity contribution in [2.75, 3.05) is 6.61 Å². The van der Waals surface area contributed by atoms with Gasteiger partial charge in [-0.2, -0.15) is 0 Å². The van der Waals surface area contributed by atoms with E-state index in [1.165, 1.54) is 37.7 Å². The molecule has 1 aromatic carbocycles. The van der Waals surface area contributed by atoms with Crippen LogP contribution in [0.3, 0.4) is 0 Å². The first kappa shape index (κ1) is 15.4. The van der Waals surface area contributed by atoms with Crippen molar-refractivity contribution >= 4 is 0 Å². The minimum absolute atomic E-state index is 0.181. The van der Waals surface area contributed by atoms with Crippen LogP contribution in [0.5, 0.6) is 5.75 Å². The average molecular weight is 275 g/mol. The Labute approximate surface area is 123 Å². The van der Waals surface area contributed by atoms with Gasteiger partial charge in [0.25, 0.3) is 0 Å². The SMILES string of the molecule is CCC(C)c1ccccc1OCC(N)C1CCCCC1. The van der Waals surface area contributed by atoms with Crippen LogP contribution in [0, 0.1) is 5.92 Å². The summed E-state index contributed by atoms with van der Waals surface area (Å²) in [6, 6.07) is 8.58. The van der Waals surface area contributed by atoms with Gasteiger partial charge in [-0.3, -0.25) is 0 Å². The molecule has 1 aromatic rings. The molecule has 0 amide bonds. The zero-order valence-corrected chi connectivity index (χ0v) is 13.0. The summed E-state index contributed by atoms with van der Waals surface area (Å²) in [7, 11) is 0.